The Hall–Kier alpha value is -2.20. The first-order valence-electron chi connectivity index (χ1n) is 8.59. The highest BCUT2D eigenvalue weighted by atomic mass is 32.1. The van der Waals surface area contributed by atoms with E-state index in [1.807, 2.05) is 50.2 Å². The summed E-state index contributed by atoms with van der Waals surface area (Å²) in [6.07, 6.45) is 0.836. The minimum Gasteiger partial charge on any atom is -0.492 e. The summed E-state index contributed by atoms with van der Waals surface area (Å²) in [6, 6.07) is 12.2. The summed E-state index contributed by atoms with van der Waals surface area (Å²) in [7, 11) is 0. The topological polar surface area (TPSA) is 35.5 Å². The van der Waals surface area contributed by atoms with E-state index >= 15 is 0 Å². The van der Waals surface area contributed by atoms with E-state index in [0.29, 0.717) is 13.2 Å². The number of carbonyl (C=O) groups excluding carboxylic acids is 1. The highest BCUT2D eigenvalue weighted by molar-refractivity contribution is 7.81. The van der Waals surface area contributed by atoms with Crippen LogP contribution in [0.2, 0.25) is 0 Å². The van der Waals surface area contributed by atoms with Crippen molar-refractivity contribution in [2.75, 3.05) is 13.2 Å². The van der Waals surface area contributed by atoms with E-state index in [4.69, 9.17) is 21.7 Å². The Bertz CT molecular complexity index is 809. The SMILES string of the molecule is CCOC(=O)C(C)c1cc2c(c(C(=S)c3ccc(C)cc3)c1)OCC2. The van der Waals surface area contributed by atoms with Gasteiger partial charge in [0.05, 0.1) is 24.0 Å². The number of ether oxygens (including phenoxy) is 2. The van der Waals surface area contributed by atoms with Gasteiger partial charge in [-0.3, -0.25) is 4.79 Å². The summed E-state index contributed by atoms with van der Waals surface area (Å²) in [6.45, 7) is 6.77. The number of benzene rings is 2. The van der Waals surface area contributed by atoms with E-state index < -0.39 is 0 Å². The quantitative estimate of drug-likeness (QED) is 0.454. The third kappa shape index (κ3) is 3.59. The van der Waals surface area contributed by atoms with Crippen molar-refractivity contribution in [3.63, 3.8) is 0 Å². The van der Waals surface area contributed by atoms with E-state index in [-0.39, 0.29) is 11.9 Å². The van der Waals surface area contributed by atoms with Crippen LogP contribution < -0.4 is 4.74 Å². The van der Waals surface area contributed by atoms with E-state index in [9.17, 15) is 4.79 Å². The van der Waals surface area contributed by atoms with Crippen LogP contribution in [0.5, 0.6) is 5.75 Å². The van der Waals surface area contributed by atoms with Gasteiger partial charge >= 0.3 is 5.97 Å². The van der Waals surface area contributed by atoms with Crippen LogP contribution in [0.15, 0.2) is 36.4 Å². The second-order valence-corrected chi connectivity index (χ2v) is 6.73. The maximum Gasteiger partial charge on any atom is 0.313 e. The van der Waals surface area contributed by atoms with Crippen LogP contribution in [-0.4, -0.2) is 24.0 Å². The Balaban J connectivity index is 2.02. The van der Waals surface area contributed by atoms with Gasteiger partial charge in [0, 0.05) is 12.0 Å². The monoisotopic (exact) mass is 354 g/mol. The molecule has 0 fully saturated rings. The van der Waals surface area contributed by atoms with Gasteiger partial charge in [0.1, 0.15) is 5.75 Å². The smallest absolute Gasteiger partial charge is 0.313 e. The number of esters is 1. The Morgan fingerprint density at radius 1 is 1.28 bits per heavy atom. The molecule has 0 aliphatic carbocycles. The van der Waals surface area contributed by atoms with Gasteiger partial charge in [-0.15, -0.1) is 0 Å². The molecule has 0 amide bonds. The van der Waals surface area contributed by atoms with E-state index in [0.717, 1.165) is 39.3 Å². The van der Waals surface area contributed by atoms with Gasteiger partial charge in [-0.2, -0.15) is 0 Å². The number of rotatable bonds is 5. The summed E-state index contributed by atoms with van der Waals surface area (Å²) in [4.78, 5) is 12.9. The van der Waals surface area contributed by atoms with Crippen molar-refractivity contribution in [2.24, 2.45) is 0 Å². The molecule has 1 unspecified atom stereocenters. The van der Waals surface area contributed by atoms with Gasteiger partial charge in [0.15, 0.2) is 0 Å². The molecule has 1 atom stereocenters. The Morgan fingerprint density at radius 3 is 2.68 bits per heavy atom. The van der Waals surface area contributed by atoms with Gasteiger partial charge in [0.25, 0.3) is 0 Å². The summed E-state index contributed by atoms with van der Waals surface area (Å²) in [5.74, 6) is 0.310. The van der Waals surface area contributed by atoms with Crippen LogP contribution >= 0.6 is 12.2 Å². The normalized spacial score (nSPS) is 13.7. The van der Waals surface area contributed by atoms with E-state index in [1.165, 1.54) is 5.56 Å². The van der Waals surface area contributed by atoms with Crippen molar-refractivity contribution in [2.45, 2.75) is 33.1 Å². The number of hydrogen-bond acceptors (Lipinski definition) is 4. The number of hydrogen-bond donors (Lipinski definition) is 0. The molecule has 3 nitrogen and oxygen atoms in total. The Labute approximate surface area is 154 Å². The van der Waals surface area contributed by atoms with E-state index in [2.05, 4.69) is 6.92 Å². The molecule has 1 heterocycles. The second-order valence-electron chi connectivity index (χ2n) is 6.32. The fraction of sp³-hybridized carbons (Fsp3) is 0.333. The summed E-state index contributed by atoms with van der Waals surface area (Å²) in [5, 5.41) is 0. The molecule has 0 N–H and O–H groups in total. The van der Waals surface area contributed by atoms with E-state index in [1.54, 1.807) is 0 Å². The van der Waals surface area contributed by atoms with Gasteiger partial charge in [0.2, 0.25) is 0 Å². The first kappa shape index (κ1) is 17.6. The molecule has 25 heavy (non-hydrogen) atoms. The third-order valence-corrected chi connectivity index (χ3v) is 4.96. The number of aryl methyl sites for hydroxylation is 1. The van der Waals surface area contributed by atoms with Gasteiger partial charge in [-0.05, 0) is 43.5 Å². The van der Waals surface area contributed by atoms with Crippen molar-refractivity contribution in [3.8, 4) is 5.75 Å². The van der Waals surface area contributed by atoms with Crippen LogP contribution in [0, 0.1) is 6.92 Å². The summed E-state index contributed by atoms with van der Waals surface area (Å²) >= 11 is 5.74. The standard InChI is InChI=1S/C21H22O3S/c1-4-23-21(22)14(3)17-11-16-9-10-24-19(16)18(12-17)20(25)15-7-5-13(2)6-8-15/h5-8,11-12,14H,4,9-10H2,1-3H3. The van der Waals surface area contributed by atoms with Crippen molar-refractivity contribution in [1.29, 1.82) is 0 Å². The number of thiocarbonyl (C=S) groups is 1. The minimum absolute atomic E-state index is 0.214. The van der Waals surface area contributed by atoms with Crippen LogP contribution in [0.3, 0.4) is 0 Å². The zero-order valence-electron chi connectivity index (χ0n) is 14.8. The molecule has 0 radical (unpaired) electrons. The summed E-state index contributed by atoms with van der Waals surface area (Å²) in [5.41, 5.74) is 5.10. The highest BCUT2D eigenvalue weighted by Crippen LogP contribution is 2.35. The zero-order chi connectivity index (χ0) is 18.0. The maximum absolute atomic E-state index is 12.1. The molecule has 0 spiro atoms. The molecule has 4 heteroatoms. The molecule has 0 saturated carbocycles. The molecular weight excluding hydrogens is 332 g/mol. The fourth-order valence-electron chi connectivity index (χ4n) is 3.02. The Kier molecular flexibility index (Phi) is 5.19. The van der Waals surface area contributed by atoms with Crippen molar-refractivity contribution >= 4 is 23.1 Å². The fourth-order valence-corrected chi connectivity index (χ4v) is 3.30. The van der Waals surface area contributed by atoms with Crippen molar-refractivity contribution < 1.29 is 14.3 Å². The van der Waals surface area contributed by atoms with Crippen LogP contribution in [0.1, 0.15) is 47.6 Å². The Morgan fingerprint density at radius 2 is 2.00 bits per heavy atom. The molecule has 2 aromatic carbocycles. The average Bonchev–Trinajstić information content (AvgIpc) is 3.09. The lowest BCUT2D eigenvalue weighted by molar-refractivity contribution is -0.144. The third-order valence-electron chi connectivity index (χ3n) is 4.50. The largest absolute Gasteiger partial charge is 0.492 e. The molecule has 2 aromatic rings. The predicted octanol–water partition coefficient (Wildman–Crippen LogP) is 4.36. The maximum atomic E-state index is 12.1. The molecule has 0 aromatic heterocycles. The van der Waals surface area contributed by atoms with Crippen LogP contribution in [0.25, 0.3) is 0 Å². The van der Waals surface area contributed by atoms with Crippen LogP contribution in [-0.2, 0) is 16.0 Å². The second kappa shape index (κ2) is 7.36. The average molecular weight is 354 g/mol. The molecule has 0 saturated heterocycles. The minimum atomic E-state index is -0.328. The lowest BCUT2D eigenvalue weighted by atomic mass is 9.92. The van der Waals surface area contributed by atoms with Gasteiger partial charge < -0.3 is 9.47 Å². The lowest BCUT2D eigenvalue weighted by Crippen LogP contribution is -2.14. The highest BCUT2D eigenvalue weighted by Gasteiger charge is 2.25. The van der Waals surface area contributed by atoms with Crippen molar-refractivity contribution in [1.82, 2.24) is 0 Å². The lowest BCUT2D eigenvalue weighted by Gasteiger charge is -2.16. The zero-order valence-corrected chi connectivity index (χ0v) is 15.6. The molecule has 3 rings (SSSR count). The summed E-state index contributed by atoms with van der Waals surface area (Å²) < 4.78 is 11.0. The number of carbonyl (C=O) groups is 1. The first-order valence-corrected chi connectivity index (χ1v) is 8.99. The van der Waals surface area contributed by atoms with Gasteiger partial charge in [-0.25, -0.2) is 0 Å². The van der Waals surface area contributed by atoms with Gasteiger partial charge in [-0.1, -0.05) is 48.1 Å². The van der Waals surface area contributed by atoms with Crippen molar-refractivity contribution in [3.05, 3.63) is 64.2 Å². The number of fused-ring (bicyclic) bond motifs is 1. The molecule has 1 aliphatic heterocycles. The molecule has 0 bridgehead atoms. The molecule has 130 valence electrons. The van der Waals surface area contributed by atoms with Crippen LogP contribution in [0.4, 0.5) is 0 Å². The predicted molar refractivity (Wildman–Crippen MR) is 103 cm³/mol. The first-order chi connectivity index (χ1) is 12.0. The molecular formula is C21H22O3S. The molecule has 1 aliphatic rings.